The Hall–Kier alpha value is -1.16. The Kier molecular flexibility index (Phi) is 5.35. The average molecular weight is 308 g/mol. The Morgan fingerprint density at radius 1 is 1.10 bits per heavy atom. The molecular formula is C16H18ClNOS. The van der Waals surface area contributed by atoms with Crippen LogP contribution in [-0.4, -0.2) is 9.46 Å². The van der Waals surface area contributed by atoms with Gasteiger partial charge in [0.2, 0.25) is 0 Å². The average Bonchev–Trinajstić information content (AvgIpc) is 2.49. The molecule has 2 aromatic rings. The lowest BCUT2D eigenvalue weighted by atomic mass is 10.0. The molecule has 2 N–H and O–H groups in total. The minimum atomic E-state index is -1.14. The zero-order valence-electron chi connectivity index (χ0n) is 11.3. The second kappa shape index (κ2) is 7.02. The van der Waals surface area contributed by atoms with Gasteiger partial charge in [0.15, 0.2) is 0 Å². The van der Waals surface area contributed by atoms with Crippen LogP contribution in [-0.2, 0) is 10.8 Å². The summed E-state index contributed by atoms with van der Waals surface area (Å²) < 4.78 is 12.7. The molecule has 0 amide bonds. The largest absolute Gasteiger partial charge is 0.323 e. The Labute approximate surface area is 127 Å². The van der Waals surface area contributed by atoms with Crippen LogP contribution in [0.15, 0.2) is 59.5 Å². The van der Waals surface area contributed by atoms with Crippen molar-refractivity contribution in [2.45, 2.75) is 29.5 Å². The van der Waals surface area contributed by atoms with E-state index in [2.05, 4.69) is 0 Å². The zero-order chi connectivity index (χ0) is 14.5. The van der Waals surface area contributed by atoms with Crippen molar-refractivity contribution in [1.29, 1.82) is 0 Å². The van der Waals surface area contributed by atoms with E-state index in [1.807, 2.05) is 37.3 Å². The third-order valence-corrected chi connectivity index (χ3v) is 5.47. The van der Waals surface area contributed by atoms with Crippen molar-refractivity contribution < 1.29 is 4.21 Å². The van der Waals surface area contributed by atoms with E-state index in [9.17, 15) is 4.21 Å². The van der Waals surface area contributed by atoms with E-state index < -0.39 is 10.8 Å². The van der Waals surface area contributed by atoms with Crippen molar-refractivity contribution in [3.8, 4) is 0 Å². The number of halogens is 1. The molecule has 0 saturated carbocycles. The van der Waals surface area contributed by atoms with Crippen molar-refractivity contribution in [2.75, 3.05) is 0 Å². The maximum absolute atomic E-state index is 12.7. The molecule has 0 radical (unpaired) electrons. The lowest BCUT2D eigenvalue weighted by molar-refractivity contribution is 0.612. The minimum Gasteiger partial charge on any atom is -0.323 e. The van der Waals surface area contributed by atoms with Gasteiger partial charge in [-0.05, 0) is 36.2 Å². The van der Waals surface area contributed by atoms with Gasteiger partial charge >= 0.3 is 0 Å². The van der Waals surface area contributed by atoms with Gasteiger partial charge in [0, 0.05) is 16.0 Å². The van der Waals surface area contributed by atoms with Crippen LogP contribution in [0.25, 0.3) is 0 Å². The standard InChI is InChI=1S/C16H18ClNOS/c1-2-15(16(18)12-6-4-3-5-7-12)20(19)14-10-8-13(17)9-11-14/h3-11,15-16H,2,18H2,1H3. The number of rotatable bonds is 5. The molecule has 0 heterocycles. The summed E-state index contributed by atoms with van der Waals surface area (Å²) in [6.45, 7) is 2.02. The van der Waals surface area contributed by atoms with E-state index in [1.54, 1.807) is 24.3 Å². The highest BCUT2D eigenvalue weighted by Gasteiger charge is 2.24. The lowest BCUT2D eigenvalue weighted by Gasteiger charge is -2.22. The second-order valence-corrected chi connectivity index (χ2v) is 6.74. The summed E-state index contributed by atoms with van der Waals surface area (Å²) in [4.78, 5) is 0.771. The molecule has 0 aliphatic heterocycles. The number of nitrogens with two attached hydrogens (primary N) is 1. The summed E-state index contributed by atoms with van der Waals surface area (Å²) in [5, 5.41) is 0.532. The van der Waals surface area contributed by atoms with Crippen LogP contribution in [0.3, 0.4) is 0 Å². The van der Waals surface area contributed by atoms with Crippen molar-refractivity contribution in [1.82, 2.24) is 0 Å². The van der Waals surface area contributed by atoms with Crippen LogP contribution in [0.5, 0.6) is 0 Å². The maximum Gasteiger partial charge on any atom is 0.0584 e. The van der Waals surface area contributed by atoms with Crippen molar-refractivity contribution in [3.05, 3.63) is 65.2 Å². The number of hydrogen-bond donors (Lipinski definition) is 1. The van der Waals surface area contributed by atoms with Crippen LogP contribution in [0.4, 0.5) is 0 Å². The predicted molar refractivity (Wildman–Crippen MR) is 85.3 cm³/mol. The molecule has 0 fully saturated rings. The summed E-state index contributed by atoms with van der Waals surface area (Å²) in [7, 11) is -1.14. The van der Waals surface area contributed by atoms with Crippen LogP contribution in [0, 0.1) is 0 Å². The van der Waals surface area contributed by atoms with Gasteiger partial charge < -0.3 is 5.73 Å². The smallest absolute Gasteiger partial charge is 0.0584 e. The van der Waals surface area contributed by atoms with Gasteiger partial charge in [0.25, 0.3) is 0 Å². The Morgan fingerprint density at radius 3 is 2.25 bits per heavy atom. The van der Waals surface area contributed by atoms with Gasteiger partial charge in [-0.15, -0.1) is 0 Å². The molecular weight excluding hydrogens is 290 g/mol. The molecule has 3 atom stereocenters. The fourth-order valence-corrected chi connectivity index (χ4v) is 3.78. The lowest BCUT2D eigenvalue weighted by Crippen LogP contribution is -2.29. The van der Waals surface area contributed by atoms with Gasteiger partial charge in [0.1, 0.15) is 0 Å². The minimum absolute atomic E-state index is 0.112. The van der Waals surface area contributed by atoms with Crippen molar-refractivity contribution in [2.24, 2.45) is 5.73 Å². The van der Waals surface area contributed by atoms with Gasteiger partial charge in [-0.2, -0.15) is 0 Å². The normalized spacial score (nSPS) is 15.6. The van der Waals surface area contributed by atoms with E-state index in [-0.39, 0.29) is 11.3 Å². The highest BCUT2D eigenvalue weighted by atomic mass is 35.5. The summed E-state index contributed by atoms with van der Waals surface area (Å²) in [6.07, 6.45) is 0.755. The molecule has 0 aromatic heterocycles. The third-order valence-electron chi connectivity index (χ3n) is 3.31. The monoisotopic (exact) mass is 307 g/mol. The van der Waals surface area contributed by atoms with Gasteiger partial charge in [0.05, 0.1) is 16.0 Å². The van der Waals surface area contributed by atoms with Gasteiger partial charge in [-0.3, -0.25) is 4.21 Å². The molecule has 3 unspecified atom stereocenters. The first-order valence-electron chi connectivity index (χ1n) is 6.60. The molecule has 0 saturated heterocycles. The van der Waals surface area contributed by atoms with E-state index in [0.29, 0.717) is 5.02 Å². The quantitative estimate of drug-likeness (QED) is 0.909. The highest BCUT2D eigenvalue weighted by molar-refractivity contribution is 7.85. The first kappa shape index (κ1) is 15.2. The summed E-state index contributed by atoms with van der Waals surface area (Å²) in [6, 6.07) is 16.7. The van der Waals surface area contributed by atoms with Gasteiger partial charge in [-0.25, -0.2) is 0 Å². The van der Waals surface area contributed by atoms with E-state index in [4.69, 9.17) is 17.3 Å². The summed E-state index contributed by atoms with van der Waals surface area (Å²) >= 11 is 5.86. The Morgan fingerprint density at radius 2 is 1.70 bits per heavy atom. The molecule has 0 aliphatic rings. The summed E-state index contributed by atoms with van der Waals surface area (Å²) in [5.41, 5.74) is 7.31. The van der Waals surface area contributed by atoms with E-state index in [0.717, 1.165) is 16.9 Å². The van der Waals surface area contributed by atoms with E-state index >= 15 is 0 Å². The van der Waals surface area contributed by atoms with Crippen LogP contribution >= 0.6 is 11.6 Å². The zero-order valence-corrected chi connectivity index (χ0v) is 12.9. The molecule has 20 heavy (non-hydrogen) atoms. The van der Waals surface area contributed by atoms with Crippen LogP contribution in [0.1, 0.15) is 24.9 Å². The molecule has 2 rings (SSSR count). The Balaban J connectivity index is 2.23. The first-order chi connectivity index (χ1) is 9.63. The fraction of sp³-hybridized carbons (Fsp3) is 0.250. The predicted octanol–water partition coefficient (Wildman–Crippen LogP) is 3.93. The topological polar surface area (TPSA) is 43.1 Å². The molecule has 0 bridgehead atoms. The van der Waals surface area contributed by atoms with Crippen molar-refractivity contribution >= 4 is 22.4 Å². The third kappa shape index (κ3) is 3.48. The maximum atomic E-state index is 12.7. The van der Waals surface area contributed by atoms with Crippen LogP contribution < -0.4 is 5.73 Å². The van der Waals surface area contributed by atoms with Crippen molar-refractivity contribution in [3.63, 3.8) is 0 Å². The molecule has 2 nitrogen and oxygen atoms in total. The molecule has 2 aromatic carbocycles. The van der Waals surface area contributed by atoms with Gasteiger partial charge in [-0.1, -0.05) is 48.9 Å². The van der Waals surface area contributed by atoms with E-state index in [1.165, 1.54) is 0 Å². The molecule has 106 valence electrons. The highest BCUT2D eigenvalue weighted by Crippen LogP contribution is 2.25. The number of benzene rings is 2. The van der Waals surface area contributed by atoms with Crippen LogP contribution in [0.2, 0.25) is 5.02 Å². The molecule has 4 heteroatoms. The summed E-state index contributed by atoms with van der Waals surface area (Å²) in [5.74, 6) is 0. The fourth-order valence-electron chi connectivity index (χ4n) is 2.17. The molecule has 0 spiro atoms. The molecule has 0 aliphatic carbocycles. The SMILES string of the molecule is CCC(C(N)c1ccccc1)S(=O)c1ccc(Cl)cc1. The first-order valence-corrected chi connectivity index (χ1v) is 8.19. The second-order valence-electron chi connectivity index (χ2n) is 4.63. The Bertz CT molecular complexity index is 571. The number of hydrogen-bond acceptors (Lipinski definition) is 2.